The number of carbonyl (C=O) groups is 1. The number of thiophene rings is 1. The molecule has 1 amide bonds. The monoisotopic (exact) mass is 360 g/mol. The lowest BCUT2D eigenvalue weighted by Crippen LogP contribution is -2.36. The van der Waals surface area contributed by atoms with Crippen molar-refractivity contribution in [3.05, 3.63) is 16.8 Å². The first-order chi connectivity index (χ1) is 12.2. The number of amides is 1. The first kappa shape index (κ1) is 16.7. The topological polar surface area (TPSA) is 76.1 Å². The van der Waals surface area contributed by atoms with Crippen molar-refractivity contribution in [3.8, 4) is 0 Å². The normalized spacial score (nSPS) is 21.6. The summed E-state index contributed by atoms with van der Waals surface area (Å²) in [6, 6.07) is 0.585. The summed E-state index contributed by atoms with van der Waals surface area (Å²) in [5, 5.41) is 7.64. The molecule has 2 fully saturated rings. The number of carbonyl (C=O) groups excluding carboxylic acids is 1. The van der Waals surface area contributed by atoms with Gasteiger partial charge in [0.2, 0.25) is 0 Å². The number of hydrogen-bond acceptors (Lipinski definition) is 6. The van der Waals surface area contributed by atoms with Crippen LogP contribution in [0.1, 0.15) is 53.8 Å². The van der Waals surface area contributed by atoms with Gasteiger partial charge in [-0.15, -0.1) is 11.3 Å². The number of anilines is 1. The molecule has 1 saturated carbocycles. The van der Waals surface area contributed by atoms with Crippen molar-refractivity contribution in [2.24, 2.45) is 0 Å². The molecule has 1 aliphatic carbocycles. The molecule has 2 aliphatic rings. The van der Waals surface area contributed by atoms with E-state index in [0.717, 1.165) is 52.3 Å². The Kier molecular flexibility index (Phi) is 4.85. The lowest BCUT2D eigenvalue weighted by atomic mass is 9.95. The Morgan fingerprint density at radius 2 is 2.04 bits per heavy atom. The van der Waals surface area contributed by atoms with Crippen LogP contribution in [0.4, 0.5) is 5.82 Å². The van der Waals surface area contributed by atoms with Crippen LogP contribution in [0.3, 0.4) is 0 Å². The van der Waals surface area contributed by atoms with Crippen molar-refractivity contribution in [1.82, 2.24) is 15.3 Å². The fourth-order valence-electron chi connectivity index (χ4n) is 3.74. The van der Waals surface area contributed by atoms with E-state index < -0.39 is 0 Å². The Morgan fingerprint density at radius 1 is 1.20 bits per heavy atom. The van der Waals surface area contributed by atoms with E-state index in [4.69, 9.17) is 4.74 Å². The summed E-state index contributed by atoms with van der Waals surface area (Å²) in [6.07, 6.45) is 8.42. The van der Waals surface area contributed by atoms with E-state index >= 15 is 0 Å². The molecule has 1 saturated heterocycles. The highest BCUT2D eigenvalue weighted by molar-refractivity contribution is 7.20. The maximum Gasteiger partial charge on any atom is 0.261 e. The molecule has 3 heterocycles. The van der Waals surface area contributed by atoms with Crippen LogP contribution in [0.2, 0.25) is 0 Å². The summed E-state index contributed by atoms with van der Waals surface area (Å²) in [5.74, 6) is 0.841. The first-order valence-corrected chi connectivity index (χ1v) is 9.93. The molecule has 1 atom stereocenters. The van der Waals surface area contributed by atoms with Crippen molar-refractivity contribution in [2.75, 3.05) is 18.5 Å². The van der Waals surface area contributed by atoms with Crippen LogP contribution in [0.25, 0.3) is 10.2 Å². The lowest BCUT2D eigenvalue weighted by Gasteiger charge is -2.22. The molecule has 0 radical (unpaired) electrons. The molecular weight excluding hydrogens is 336 g/mol. The lowest BCUT2D eigenvalue weighted by molar-refractivity contribution is 0.0931. The van der Waals surface area contributed by atoms with Crippen LogP contribution >= 0.6 is 11.3 Å². The standard InChI is InChI=1S/C18H24N4O2S/c1-11-14-16(21-13-7-8-24-9-13)19-10-20-18(14)25-15(11)17(23)22-12-5-3-2-4-6-12/h10,12-13H,2-9H2,1H3,(H,22,23)(H,19,20,21). The fourth-order valence-corrected chi connectivity index (χ4v) is 4.79. The number of nitrogens with one attached hydrogen (secondary N) is 2. The number of aromatic nitrogens is 2. The molecule has 1 aliphatic heterocycles. The van der Waals surface area contributed by atoms with E-state index in [-0.39, 0.29) is 11.9 Å². The summed E-state index contributed by atoms with van der Waals surface area (Å²) in [5.41, 5.74) is 0.968. The van der Waals surface area contributed by atoms with Crippen LogP contribution in [-0.4, -0.2) is 41.2 Å². The minimum absolute atomic E-state index is 0.0301. The zero-order valence-corrected chi connectivity index (χ0v) is 15.3. The third-order valence-electron chi connectivity index (χ3n) is 5.14. The van der Waals surface area contributed by atoms with E-state index in [1.807, 2.05) is 6.92 Å². The molecular formula is C18H24N4O2S. The molecule has 2 N–H and O–H groups in total. The van der Waals surface area contributed by atoms with Crippen molar-refractivity contribution in [3.63, 3.8) is 0 Å². The Labute approximate surface area is 151 Å². The van der Waals surface area contributed by atoms with E-state index in [2.05, 4.69) is 20.6 Å². The Bertz CT molecular complexity index is 764. The van der Waals surface area contributed by atoms with Gasteiger partial charge in [0.05, 0.1) is 22.9 Å². The predicted octanol–water partition coefficient (Wildman–Crippen LogP) is 3.26. The molecule has 0 spiro atoms. The zero-order valence-electron chi connectivity index (χ0n) is 14.5. The van der Waals surface area contributed by atoms with Crippen molar-refractivity contribution >= 4 is 33.3 Å². The highest BCUT2D eigenvalue weighted by atomic mass is 32.1. The summed E-state index contributed by atoms with van der Waals surface area (Å²) in [7, 11) is 0. The van der Waals surface area contributed by atoms with Crippen LogP contribution in [0.5, 0.6) is 0 Å². The third kappa shape index (κ3) is 3.48. The third-order valence-corrected chi connectivity index (χ3v) is 6.34. The van der Waals surface area contributed by atoms with Crippen LogP contribution < -0.4 is 10.6 Å². The average molecular weight is 360 g/mol. The Balaban J connectivity index is 1.59. The van der Waals surface area contributed by atoms with Crippen molar-refractivity contribution in [2.45, 2.75) is 57.5 Å². The van der Waals surface area contributed by atoms with Gasteiger partial charge in [0, 0.05) is 12.6 Å². The number of aryl methyl sites for hydroxylation is 1. The molecule has 0 bridgehead atoms. The largest absolute Gasteiger partial charge is 0.379 e. The predicted molar refractivity (Wildman–Crippen MR) is 99.3 cm³/mol. The number of ether oxygens (including phenoxy) is 1. The van der Waals surface area contributed by atoms with Crippen LogP contribution in [-0.2, 0) is 4.74 Å². The zero-order chi connectivity index (χ0) is 17.2. The van der Waals surface area contributed by atoms with Gasteiger partial charge >= 0.3 is 0 Å². The van der Waals surface area contributed by atoms with Gasteiger partial charge in [-0.1, -0.05) is 19.3 Å². The Morgan fingerprint density at radius 3 is 2.80 bits per heavy atom. The second-order valence-electron chi connectivity index (χ2n) is 6.97. The maximum atomic E-state index is 12.8. The highest BCUT2D eigenvalue weighted by Gasteiger charge is 2.24. The molecule has 0 aromatic carbocycles. The minimum Gasteiger partial charge on any atom is -0.379 e. The summed E-state index contributed by atoms with van der Waals surface area (Å²) in [6.45, 7) is 3.47. The minimum atomic E-state index is 0.0301. The molecule has 2 aromatic heterocycles. The quantitative estimate of drug-likeness (QED) is 0.875. The smallest absolute Gasteiger partial charge is 0.261 e. The first-order valence-electron chi connectivity index (χ1n) is 9.11. The molecule has 1 unspecified atom stereocenters. The summed E-state index contributed by atoms with van der Waals surface area (Å²) in [4.78, 5) is 23.2. The molecule has 6 nitrogen and oxygen atoms in total. The van der Waals surface area contributed by atoms with Crippen molar-refractivity contribution < 1.29 is 9.53 Å². The number of hydrogen-bond donors (Lipinski definition) is 2. The molecule has 2 aromatic rings. The SMILES string of the molecule is Cc1c(C(=O)NC2CCCCC2)sc2ncnc(NC3CCOC3)c12. The van der Waals surface area contributed by atoms with Gasteiger partial charge in [0.25, 0.3) is 5.91 Å². The Hall–Kier alpha value is -1.73. The van der Waals surface area contributed by atoms with E-state index in [1.165, 1.54) is 30.6 Å². The van der Waals surface area contributed by atoms with Gasteiger partial charge in [0.15, 0.2) is 0 Å². The van der Waals surface area contributed by atoms with Gasteiger partial charge in [-0.2, -0.15) is 0 Å². The van der Waals surface area contributed by atoms with E-state index in [9.17, 15) is 4.79 Å². The van der Waals surface area contributed by atoms with E-state index in [1.54, 1.807) is 6.33 Å². The molecule has 25 heavy (non-hydrogen) atoms. The van der Waals surface area contributed by atoms with Crippen LogP contribution in [0.15, 0.2) is 6.33 Å². The number of rotatable bonds is 4. The van der Waals surface area contributed by atoms with E-state index in [0.29, 0.717) is 12.6 Å². The molecule has 4 rings (SSSR count). The van der Waals surface area contributed by atoms with Gasteiger partial charge in [-0.25, -0.2) is 9.97 Å². The van der Waals surface area contributed by atoms with Crippen LogP contribution in [0, 0.1) is 6.92 Å². The summed E-state index contributed by atoms with van der Waals surface area (Å²) >= 11 is 1.46. The van der Waals surface area contributed by atoms with Gasteiger partial charge < -0.3 is 15.4 Å². The van der Waals surface area contributed by atoms with Gasteiger partial charge in [0.1, 0.15) is 17.0 Å². The average Bonchev–Trinajstić information content (AvgIpc) is 3.24. The van der Waals surface area contributed by atoms with Gasteiger partial charge in [-0.3, -0.25) is 4.79 Å². The second-order valence-corrected chi connectivity index (χ2v) is 7.97. The number of fused-ring (bicyclic) bond motifs is 1. The van der Waals surface area contributed by atoms with Gasteiger partial charge in [-0.05, 0) is 31.7 Å². The maximum absolute atomic E-state index is 12.8. The summed E-state index contributed by atoms with van der Waals surface area (Å²) < 4.78 is 5.43. The second kappa shape index (κ2) is 7.25. The highest BCUT2D eigenvalue weighted by Crippen LogP contribution is 2.34. The number of nitrogens with zero attached hydrogens (tertiary/aromatic N) is 2. The van der Waals surface area contributed by atoms with Crippen molar-refractivity contribution in [1.29, 1.82) is 0 Å². The molecule has 134 valence electrons. The molecule has 7 heteroatoms. The fraction of sp³-hybridized carbons (Fsp3) is 0.611.